The van der Waals surface area contributed by atoms with Crippen LogP contribution in [-0.2, 0) is 23.8 Å². The number of carbonyl (C=O) groups excluding carboxylic acids is 2. The van der Waals surface area contributed by atoms with Crippen molar-refractivity contribution in [3.8, 4) is 0 Å². The maximum absolute atomic E-state index is 11.6. The average molecular weight is 232 g/mol. The highest BCUT2D eigenvalue weighted by molar-refractivity contribution is 5.98. The summed E-state index contributed by atoms with van der Waals surface area (Å²) in [4.78, 5) is 22.9. The van der Waals surface area contributed by atoms with Crippen LogP contribution < -0.4 is 0 Å². The maximum Gasteiger partial charge on any atom is 0.313 e. The molecule has 0 aliphatic carbocycles. The minimum absolute atomic E-state index is 0.137. The molecule has 5 nitrogen and oxygen atoms in total. The fraction of sp³-hybridized carbons (Fsp3) is 0.818. The summed E-state index contributed by atoms with van der Waals surface area (Å²) in [6.07, 6.45) is -1.00. The van der Waals surface area contributed by atoms with E-state index in [9.17, 15) is 9.59 Å². The first-order valence-corrected chi connectivity index (χ1v) is 5.06. The Balaban J connectivity index is 4.17. The number of ketones is 1. The molecular formula is C11H20O5. The van der Waals surface area contributed by atoms with E-state index >= 15 is 0 Å². The lowest BCUT2D eigenvalue weighted by atomic mass is 10.1. The van der Waals surface area contributed by atoms with Crippen LogP contribution in [0.5, 0.6) is 0 Å². The van der Waals surface area contributed by atoms with E-state index in [1.54, 1.807) is 20.8 Å². The first-order chi connectivity index (χ1) is 7.30. The van der Waals surface area contributed by atoms with Gasteiger partial charge in [-0.25, -0.2) is 0 Å². The molecule has 0 amide bonds. The van der Waals surface area contributed by atoms with Crippen molar-refractivity contribution in [2.75, 3.05) is 20.8 Å². The first kappa shape index (κ1) is 15.1. The standard InChI is InChI=1S/C11H20O5/c1-11(2,3)16-10(13)6-8(12)9(15-5)7-14-4/h9H,6-7H2,1-5H3/t9-/m0/s1. The molecular weight excluding hydrogens is 212 g/mol. The van der Waals surface area contributed by atoms with Crippen LogP contribution in [0.2, 0.25) is 0 Å². The Morgan fingerprint density at radius 1 is 1.19 bits per heavy atom. The Morgan fingerprint density at radius 3 is 2.12 bits per heavy atom. The van der Waals surface area contributed by atoms with E-state index in [1.807, 2.05) is 0 Å². The molecule has 0 saturated carbocycles. The number of hydrogen-bond acceptors (Lipinski definition) is 5. The molecule has 94 valence electrons. The van der Waals surface area contributed by atoms with Gasteiger partial charge < -0.3 is 14.2 Å². The number of Topliss-reactive ketones (excluding diaryl/α,β-unsaturated/α-hetero) is 1. The lowest BCUT2D eigenvalue weighted by molar-refractivity contribution is -0.158. The molecule has 0 aliphatic heterocycles. The van der Waals surface area contributed by atoms with Crippen molar-refractivity contribution in [3.63, 3.8) is 0 Å². The van der Waals surface area contributed by atoms with Gasteiger partial charge >= 0.3 is 5.97 Å². The molecule has 0 aliphatic rings. The highest BCUT2D eigenvalue weighted by atomic mass is 16.6. The van der Waals surface area contributed by atoms with Gasteiger partial charge in [0.1, 0.15) is 18.1 Å². The molecule has 16 heavy (non-hydrogen) atoms. The van der Waals surface area contributed by atoms with Crippen LogP contribution in [0.4, 0.5) is 0 Å². The van der Waals surface area contributed by atoms with E-state index in [1.165, 1.54) is 14.2 Å². The van der Waals surface area contributed by atoms with E-state index in [2.05, 4.69) is 0 Å². The van der Waals surface area contributed by atoms with E-state index in [-0.39, 0.29) is 18.8 Å². The molecule has 0 fully saturated rings. The summed E-state index contributed by atoms with van der Waals surface area (Å²) in [6.45, 7) is 5.38. The Morgan fingerprint density at radius 2 is 1.75 bits per heavy atom. The second-order valence-electron chi connectivity index (χ2n) is 4.41. The quantitative estimate of drug-likeness (QED) is 0.504. The van der Waals surface area contributed by atoms with Crippen molar-refractivity contribution in [1.29, 1.82) is 0 Å². The van der Waals surface area contributed by atoms with Gasteiger partial charge in [0.25, 0.3) is 0 Å². The predicted molar refractivity (Wildman–Crippen MR) is 58.1 cm³/mol. The zero-order valence-corrected chi connectivity index (χ0v) is 10.5. The molecule has 0 radical (unpaired) electrons. The Hall–Kier alpha value is -0.940. The van der Waals surface area contributed by atoms with Gasteiger partial charge in [-0.15, -0.1) is 0 Å². The molecule has 1 atom stereocenters. The Labute approximate surface area is 96.1 Å². The molecule has 0 aromatic carbocycles. The summed E-state index contributed by atoms with van der Waals surface area (Å²) in [5, 5.41) is 0. The third-order valence-corrected chi connectivity index (χ3v) is 1.70. The zero-order chi connectivity index (χ0) is 12.8. The minimum Gasteiger partial charge on any atom is -0.460 e. The monoisotopic (exact) mass is 232 g/mol. The summed E-state index contributed by atoms with van der Waals surface area (Å²) >= 11 is 0. The Kier molecular flexibility index (Phi) is 6.21. The van der Waals surface area contributed by atoms with Gasteiger partial charge in [-0.05, 0) is 20.8 Å². The van der Waals surface area contributed by atoms with Crippen LogP contribution >= 0.6 is 0 Å². The summed E-state index contributed by atoms with van der Waals surface area (Å²) in [5.41, 5.74) is -0.582. The van der Waals surface area contributed by atoms with E-state index in [0.717, 1.165) is 0 Å². The molecule has 0 saturated heterocycles. The maximum atomic E-state index is 11.6. The van der Waals surface area contributed by atoms with Crippen molar-refractivity contribution in [3.05, 3.63) is 0 Å². The van der Waals surface area contributed by atoms with Gasteiger partial charge in [-0.3, -0.25) is 9.59 Å². The second-order valence-corrected chi connectivity index (χ2v) is 4.41. The number of hydrogen-bond donors (Lipinski definition) is 0. The average Bonchev–Trinajstić information content (AvgIpc) is 2.10. The van der Waals surface area contributed by atoms with Crippen molar-refractivity contribution in [2.45, 2.75) is 38.9 Å². The van der Waals surface area contributed by atoms with Gasteiger partial charge in [0, 0.05) is 14.2 Å². The second kappa shape index (κ2) is 6.60. The highest BCUT2D eigenvalue weighted by Crippen LogP contribution is 2.09. The normalized spacial score (nSPS) is 13.3. The van der Waals surface area contributed by atoms with Crippen LogP contribution in [-0.4, -0.2) is 44.3 Å². The summed E-state index contributed by atoms with van der Waals surface area (Å²) < 4.78 is 14.7. The third-order valence-electron chi connectivity index (χ3n) is 1.70. The first-order valence-electron chi connectivity index (χ1n) is 5.06. The largest absolute Gasteiger partial charge is 0.460 e. The molecule has 0 rings (SSSR count). The molecule has 0 bridgehead atoms. The molecule has 0 heterocycles. The highest BCUT2D eigenvalue weighted by Gasteiger charge is 2.24. The predicted octanol–water partition coefficient (Wildman–Crippen LogP) is 0.949. The Bertz CT molecular complexity index is 241. The third kappa shape index (κ3) is 6.53. The van der Waals surface area contributed by atoms with Crippen LogP contribution in [0.25, 0.3) is 0 Å². The number of rotatable bonds is 6. The van der Waals surface area contributed by atoms with Crippen LogP contribution in [0, 0.1) is 0 Å². The fourth-order valence-corrected chi connectivity index (χ4v) is 1.08. The SMILES string of the molecule is COC[C@H](OC)C(=O)CC(=O)OC(C)(C)C. The number of methoxy groups -OCH3 is 2. The number of ether oxygens (including phenoxy) is 3. The van der Waals surface area contributed by atoms with Crippen molar-refractivity contribution < 1.29 is 23.8 Å². The van der Waals surface area contributed by atoms with Crippen molar-refractivity contribution in [1.82, 2.24) is 0 Å². The topological polar surface area (TPSA) is 61.8 Å². The summed E-state index contributed by atoms with van der Waals surface area (Å²) in [7, 11) is 2.86. The van der Waals surface area contributed by atoms with Gasteiger partial charge in [0.05, 0.1) is 6.61 Å². The van der Waals surface area contributed by atoms with E-state index < -0.39 is 17.7 Å². The van der Waals surface area contributed by atoms with Gasteiger partial charge in [0.15, 0.2) is 5.78 Å². The van der Waals surface area contributed by atoms with Crippen molar-refractivity contribution >= 4 is 11.8 Å². The van der Waals surface area contributed by atoms with E-state index in [4.69, 9.17) is 14.2 Å². The summed E-state index contributed by atoms with van der Waals surface area (Å²) in [5.74, 6) is -0.880. The van der Waals surface area contributed by atoms with Gasteiger partial charge in [0.2, 0.25) is 0 Å². The molecule has 0 aromatic rings. The molecule has 0 unspecified atom stereocenters. The number of carbonyl (C=O) groups is 2. The van der Waals surface area contributed by atoms with E-state index in [0.29, 0.717) is 0 Å². The van der Waals surface area contributed by atoms with Gasteiger partial charge in [-0.2, -0.15) is 0 Å². The van der Waals surface area contributed by atoms with Crippen LogP contribution in [0.1, 0.15) is 27.2 Å². The molecule has 0 N–H and O–H groups in total. The molecule has 0 aromatic heterocycles. The fourth-order valence-electron chi connectivity index (χ4n) is 1.08. The molecule has 5 heteroatoms. The van der Waals surface area contributed by atoms with Crippen molar-refractivity contribution in [2.24, 2.45) is 0 Å². The lowest BCUT2D eigenvalue weighted by Gasteiger charge is -2.20. The van der Waals surface area contributed by atoms with Crippen LogP contribution in [0.3, 0.4) is 0 Å². The number of esters is 1. The smallest absolute Gasteiger partial charge is 0.313 e. The lowest BCUT2D eigenvalue weighted by Crippen LogP contribution is -2.32. The van der Waals surface area contributed by atoms with Crippen LogP contribution in [0.15, 0.2) is 0 Å². The zero-order valence-electron chi connectivity index (χ0n) is 10.5. The molecule has 0 spiro atoms. The minimum atomic E-state index is -0.711. The van der Waals surface area contributed by atoms with Gasteiger partial charge in [-0.1, -0.05) is 0 Å². The summed E-state index contributed by atoms with van der Waals surface area (Å²) in [6, 6.07) is 0.